The van der Waals surface area contributed by atoms with Crippen molar-refractivity contribution >= 4 is 23.3 Å². The Bertz CT molecular complexity index is 793. The van der Waals surface area contributed by atoms with Gasteiger partial charge in [-0.25, -0.2) is 0 Å². The SMILES string of the molecule is Cc1c2c(nc3ccccc13)CCc1ccccc1-2.Cl. The van der Waals surface area contributed by atoms with Crippen LogP contribution < -0.4 is 0 Å². The van der Waals surface area contributed by atoms with Crippen LogP contribution in [0, 0.1) is 6.92 Å². The van der Waals surface area contributed by atoms with Crippen molar-refractivity contribution in [3.05, 3.63) is 65.4 Å². The van der Waals surface area contributed by atoms with E-state index in [1.54, 1.807) is 0 Å². The first kappa shape index (κ1) is 13.1. The fourth-order valence-corrected chi connectivity index (χ4v) is 3.21. The van der Waals surface area contributed by atoms with Crippen LogP contribution in [0.15, 0.2) is 48.5 Å². The van der Waals surface area contributed by atoms with Crippen LogP contribution >= 0.6 is 12.4 Å². The van der Waals surface area contributed by atoms with Crippen LogP contribution in [0.2, 0.25) is 0 Å². The molecule has 0 N–H and O–H groups in total. The molecule has 0 unspecified atom stereocenters. The van der Waals surface area contributed by atoms with Crippen molar-refractivity contribution in [2.45, 2.75) is 19.8 Å². The highest BCUT2D eigenvalue weighted by Gasteiger charge is 2.20. The van der Waals surface area contributed by atoms with E-state index in [0.717, 1.165) is 18.4 Å². The van der Waals surface area contributed by atoms with E-state index in [-0.39, 0.29) is 12.4 Å². The largest absolute Gasteiger partial charge is 0.252 e. The molecule has 20 heavy (non-hydrogen) atoms. The van der Waals surface area contributed by atoms with E-state index in [9.17, 15) is 0 Å². The lowest BCUT2D eigenvalue weighted by Crippen LogP contribution is -2.08. The molecule has 0 amide bonds. The molecule has 1 heterocycles. The maximum absolute atomic E-state index is 4.88. The summed E-state index contributed by atoms with van der Waals surface area (Å²) in [7, 11) is 0. The molecule has 2 heteroatoms. The average molecular weight is 282 g/mol. The lowest BCUT2D eigenvalue weighted by atomic mass is 9.85. The highest BCUT2D eigenvalue weighted by Crippen LogP contribution is 2.37. The number of nitrogens with zero attached hydrogens (tertiary/aromatic N) is 1. The summed E-state index contributed by atoms with van der Waals surface area (Å²) in [5, 5.41) is 1.28. The van der Waals surface area contributed by atoms with Crippen molar-refractivity contribution in [2.75, 3.05) is 0 Å². The van der Waals surface area contributed by atoms with E-state index in [4.69, 9.17) is 4.98 Å². The molecule has 0 fully saturated rings. The number of aryl methyl sites for hydroxylation is 3. The van der Waals surface area contributed by atoms with Crippen LogP contribution in [0.3, 0.4) is 0 Å². The summed E-state index contributed by atoms with van der Waals surface area (Å²) in [5.74, 6) is 0. The molecular weight excluding hydrogens is 266 g/mol. The quantitative estimate of drug-likeness (QED) is 0.580. The summed E-state index contributed by atoms with van der Waals surface area (Å²) in [6.07, 6.45) is 2.16. The molecule has 0 saturated carbocycles. The fourth-order valence-electron chi connectivity index (χ4n) is 3.21. The molecule has 2 aromatic carbocycles. The molecule has 0 bridgehead atoms. The van der Waals surface area contributed by atoms with Gasteiger partial charge in [-0.15, -0.1) is 12.4 Å². The standard InChI is InChI=1S/C18H15N.ClH/c1-12-14-7-4-5-9-16(14)19-17-11-10-13-6-2-3-8-15(13)18(12)17;/h2-9H,10-11H2,1H3;1H. The zero-order valence-corrected chi connectivity index (χ0v) is 12.2. The third-order valence-electron chi connectivity index (χ3n) is 4.14. The Balaban J connectivity index is 0.00000121. The first-order valence-electron chi connectivity index (χ1n) is 6.81. The number of hydrogen-bond acceptors (Lipinski definition) is 1. The van der Waals surface area contributed by atoms with Gasteiger partial charge in [0.05, 0.1) is 5.52 Å². The predicted molar refractivity (Wildman–Crippen MR) is 86.6 cm³/mol. The zero-order valence-electron chi connectivity index (χ0n) is 11.4. The molecule has 3 aromatic rings. The minimum atomic E-state index is 0. The summed E-state index contributed by atoms with van der Waals surface area (Å²) in [5.41, 5.74) is 7.94. The van der Waals surface area contributed by atoms with Gasteiger partial charge in [-0.3, -0.25) is 4.98 Å². The molecule has 0 radical (unpaired) electrons. The van der Waals surface area contributed by atoms with Gasteiger partial charge in [-0.1, -0.05) is 42.5 Å². The van der Waals surface area contributed by atoms with Crippen molar-refractivity contribution in [2.24, 2.45) is 0 Å². The molecular formula is C18H16ClN. The smallest absolute Gasteiger partial charge is 0.0708 e. The normalized spacial score (nSPS) is 12.4. The number of para-hydroxylation sites is 1. The van der Waals surface area contributed by atoms with E-state index in [1.165, 1.54) is 33.3 Å². The zero-order chi connectivity index (χ0) is 12.8. The first-order chi connectivity index (χ1) is 9.34. The predicted octanol–water partition coefficient (Wildman–Crippen LogP) is 4.73. The second kappa shape index (κ2) is 4.92. The van der Waals surface area contributed by atoms with Crippen LogP contribution in [0.25, 0.3) is 22.0 Å². The number of benzene rings is 2. The van der Waals surface area contributed by atoms with Gasteiger partial charge in [0.2, 0.25) is 0 Å². The van der Waals surface area contributed by atoms with Crippen LogP contribution in [-0.4, -0.2) is 4.98 Å². The fraction of sp³-hybridized carbons (Fsp3) is 0.167. The highest BCUT2D eigenvalue weighted by molar-refractivity contribution is 5.90. The Morgan fingerprint density at radius 3 is 2.55 bits per heavy atom. The second-order valence-corrected chi connectivity index (χ2v) is 5.23. The topological polar surface area (TPSA) is 12.9 Å². The van der Waals surface area contributed by atoms with Crippen LogP contribution in [-0.2, 0) is 12.8 Å². The highest BCUT2D eigenvalue weighted by atomic mass is 35.5. The molecule has 1 aromatic heterocycles. The number of hydrogen-bond donors (Lipinski definition) is 0. The van der Waals surface area contributed by atoms with Crippen molar-refractivity contribution in [1.29, 1.82) is 0 Å². The van der Waals surface area contributed by atoms with Gasteiger partial charge in [0.15, 0.2) is 0 Å². The molecule has 0 spiro atoms. The lowest BCUT2D eigenvalue weighted by molar-refractivity contribution is 0.902. The molecule has 0 atom stereocenters. The summed E-state index contributed by atoms with van der Waals surface area (Å²) >= 11 is 0. The van der Waals surface area contributed by atoms with Crippen molar-refractivity contribution < 1.29 is 0 Å². The minimum Gasteiger partial charge on any atom is -0.252 e. The Hall–Kier alpha value is -1.86. The maximum Gasteiger partial charge on any atom is 0.0708 e. The van der Waals surface area contributed by atoms with Gasteiger partial charge in [-0.2, -0.15) is 0 Å². The van der Waals surface area contributed by atoms with Gasteiger partial charge in [0.1, 0.15) is 0 Å². The average Bonchev–Trinajstić information content (AvgIpc) is 2.47. The number of aromatic nitrogens is 1. The molecule has 1 aliphatic carbocycles. The van der Waals surface area contributed by atoms with Crippen LogP contribution in [0.4, 0.5) is 0 Å². The van der Waals surface area contributed by atoms with E-state index >= 15 is 0 Å². The Morgan fingerprint density at radius 1 is 0.900 bits per heavy atom. The van der Waals surface area contributed by atoms with Crippen molar-refractivity contribution in [1.82, 2.24) is 4.98 Å². The van der Waals surface area contributed by atoms with E-state index < -0.39 is 0 Å². The number of halogens is 1. The van der Waals surface area contributed by atoms with Gasteiger partial charge >= 0.3 is 0 Å². The molecule has 1 aliphatic rings. The van der Waals surface area contributed by atoms with Crippen LogP contribution in [0.1, 0.15) is 16.8 Å². The third-order valence-corrected chi connectivity index (χ3v) is 4.14. The third kappa shape index (κ3) is 1.82. The monoisotopic (exact) mass is 281 g/mol. The van der Waals surface area contributed by atoms with E-state index in [2.05, 4.69) is 55.5 Å². The molecule has 0 aliphatic heterocycles. The van der Waals surface area contributed by atoms with Crippen molar-refractivity contribution in [3.8, 4) is 11.1 Å². The molecule has 100 valence electrons. The Kier molecular flexibility index (Phi) is 3.23. The minimum absolute atomic E-state index is 0. The summed E-state index contributed by atoms with van der Waals surface area (Å²) < 4.78 is 0. The lowest BCUT2D eigenvalue weighted by Gasteiger charge is -2.22. The van der Waals surface area contributed by atoms with Crippen LogP contribution in [0.5, 0.6) is 0 Å². The van der Waals surface area contributed by atoms with Gasteiger partial charge < -0.3 is 0 Å². The molecule has 4 rings (SSSR count). The van der Waals surface area contributed by atoms with Gasteiger partial charge in [0, 0.05) is 16.6 Å². The summed E-state index contributed by atoms with van der Waals surface area (Å²) in [4.78, 5) is 4.88. The first-order valence-corrected chi connectivity index (χ1v) is 6.81. The van der Waals surface area contributed by atoms with Gasteiger partial charge in [-0.05, 0) is 42.5 Å². The molecule has 0 saturated heterocycles. The van der Waals surface area contributed by atoms with Gasteiger partial charge in [0.25, 0.3) is 0 Å². The van der Waals surface area contributed by atoms with E-state index in [1.807, 2.05) is 0 Å². The second-order valence-electron chi connectivity index (χ2n) is 5.23. The maximum atomic E-state index is 4.88. The van der Waals surface area contributed by atoms with Crippen molar-refractivity contribution in [3.63, 3.8) is 0 Å². The Labute approximate surface area is 125 Å². The number of pyridine rings is 1. The summed E-state index contributed by atoms with van der Waals surface area (Å²) in [6, 6.07) is 17.2. The molecule has 1 nitrogen and oxygen atoms in total. The Morgan fingerprint density at radius 2 is 1.65 bits per heavy atom. The number of fused-ring (bicyclic) bond motifs is 4. The number of rotatable bonds is 0. The van der Waals surface area contributed by atoms with E-state index in [0.29, 0.717) is 0 Å². The summed E-state index contributed by atoms with van der Waals surface area (Å²) in [6.45, 7) is 2.23.